The number of amides is 1. The van der Waals surface area contributed by atoms with Crippen LogP contribution in [0.1, 0.15) is 16.7 Å². The van der Waals surface area contributed by atoms with Crippen molar-refractivity contribution in [3.63, 3.8) is 0 Å². The number of nitriles is 1. The van der Waals surface area contributed by atoms with E-state index in [1.165, 1.54) is 17.4 Å². The molecule has 0 bridgehead atoms. The molecule has 1 aromatic heterocycles. The average Bonchev–Trinajstić information content (AvgIpc) is 2.99. The molecule has 0 fully saturated rings. The highest BCUT2D eigenvalue weighted by molar-refractivity contribution is 7.14. The fraction of sp³-hybridized carbons (Fsp3) is 0.118. The van der Waals surface area contributed by atoms with Crippen LogP contribution in [0.15, 0.2) is 41.8 Å². The number of hydrogen-bond donors (Lipinski definition) is 1. The number of benzene rings is 1. The summed E-state index contributed by atoms with van der Waals surface area (Å²) >= 11 is 1.24. The van der Waals surface area contributed by atoms with Gasteiger partial charge >= 0.3 is 5.97 Å². The molecule has 0 radical (unpaired) electrons. The number of carbonyl (C=O) groups excluding carboxylic acids is 2. The number of anilines is 1. The lowest BCUT2D eigenvalue weighted by atomic mass is 10.1. The largest absolute Gasteiger partial charge is 0.452 e. The molecule has 0 aliphatic carbocycles. The molecule has 0 saturated heterocycles. The van der Waals surface area contributed by atoms with Crippen LogP contribution >= 0.6 is 11.3 Å². The van der Waals surface area contributed by atoms with Gasteiger partial charge in [0, 0.05) is 6.08 Å². The second kappa shape index (κ2) is 7.92. The fourth-order valence-corrected chi connectivity index (χ4v) is 2.53. The second-order valence-corrected chi connectivity index (χ2v) is 5.54. The molecule has 6 heteroatoms. The maximum absolute atomic E-state index is 11.7. The molecule has 0 atom stereocenters. The van der Waals surface area contributed by atoms with Crippen LogP contribution in [0.4, 0.5) is 5.00 Å². The quantitative estimate of drug-likeness (QED) is 0.676. The van der Waals surface area contributed by atoms with Gasteiger partial charge in [0.15, 0.2) is 6.61 Å². The minimum Gasteiger partial charge on any atom is -0.452 e. The third kappa shape index (κ3) is 4.80. The van der Waals surface area contributed by atoms with Gasteiger partial charge in [0.2, 0.25) is 0 Å². The molecule has 1 heterocycles. The van der Waals surface area contributed by atoms with Crippen LogP contribution in [0, 0.1) is 18.3 Å². The SMILES string of the molecule is Cc1ccccc1/C=C/C(=O)OCC(=O)Nc1sccc1C#N. The maximum atomic E-state index is 11.7. The van der Waals surface area contributed by atoms with Gasteiger partial charge in [-0.25, -0.2) is 4.79 Å². The van der Waals surface area contributed by atoms with Gasteiger partial charge in [-0.2, -0.15) is 5.26 Å². The molecule has 2 aromatic rings. The van der Waals surface area contributed by atoms with Gasteiger partial charge < -0.3 is 10.1 Å². The lowest BCUT2D eigenvalue weighted by molar-refractivity contribution is -0.142. The third-order valence-electron chi connectivity index (χ3n) is 2.97. The summed E-state index contributed by atoms with van der Waals surface area (Å²) < 4.78 is 4.87. The molecular formula is C17H14N2O3S. The summed E-state index contributed by atoms with van der Waals surface area (Å²) in [6, 6.07) is 11.2. The summed E-state index contributed by atoms with van der Waals surface area (Å²) in [6.07, 6.45) is 2.92. The predicted molar refractivity (Wildman–Crippen MR) is 88.8 cm³/mol. The average molecular weight is 326 g/mol. The zero-order valence-corrected chi connectivity index (χ0v) is 13.2. The first-order valence-corrected chi connectivity index (χ1v) is 7.66. The van der Waals surface area contributed by atoms with Crippen LogP contribution in [-0.4, -0.2) is 18.5 Å². The van der Waals surface area contributed by atoms with Gasteiger partial charge in [-0.3, -0.25) is 4.79 Å². The van der Waals surface area contributed by atoms with Crippen molar-refractivity contribution >= 4 is 34.3 Å². The Bertz CT molecular complexity index is 787. The predicted octanol–water partition coefficient (Wildman–Crippen LogP) is 3.12. The summed E-state index contributed by atoms with van der Waals surface area (Å²) in [5, 5.41) is 13.5. The van der Waals surface area contributed by atoms with Crippen LogP contribution in [-0.2, 0) is 14.3 Å². The number of ether oxygens (including phenoxy) is 1. The first-order chi connectivity index (χ1) is 11.1. The normalized spacial score (nSPS) is 10.3. The fourth-order valence-electron chi connectivity index (χ4n) is 1.77. The Balaban J connectivity index is 1.84. The van der Waals surface area contributed by atoms with Gasteiger partial charge in [0.1, 0.15) is 11.1 Å². The number of hydrogen-bond acceptors (Lipinski definition) is 5. The smallest absolute Gasteiger partial charge is 0.331 e. The third-order valence-corrected chi connectivity index (χ3v) is 3.80. The maximum Gasteiger partial charge on any atom is 0.331 e. The number of esters is 1. The molecule has 1 N–H and O–H groups in total. The topological polar surface area (TPSA) is 79.2 Å². The van der Waals surface area contributed by atoms with E-state index in [1.807, 2.05) is 37.3 Å². The Labute approximate surface area is 137 Å². The van der Waals surface area contributed by atoms with E-state index in [-0.39, 0.29) is 0 Å². The Morgan fingerprint density at radius 3 is 2.87 bits per heavy atom. The highest BCUT2D eigenvalue weighted by Gasteiger charge is 2.09. The highest BCUT2D eigenvalue weighted by atomic mass is 32.1. The molecule has 0 aliphatic heterocycles. The number of thiophene rings is 1. The number of rotatable bonds is 5. The van der Waals surface area contributed by atoms with Gasteiger partial charge in [-0.05, 0) is 35.6 Å². The molecule has 1 amide bonds. The number of nitrogens with one attached hydrogen (secondary N) is 1. The molecule has 1 aromatic carbocycles. The van der Waals surface area contributed by atoms with Crippen molar-refractivity contribution in [2.24, 2.45) is 0 Å². The summed E-state index contributed by atoms with van der Waals surface area (Å²) in [6.45, 7) is 1.53. The van der Waals surface area contributed by atoms with E-state index in [0.717, 1.165) is 11.1 Å². The zero-order valence-electron chi connectivity index (χ0n) is 12.4. The van der Waals surface area contributed by atoms with Crippen LogP contribution in [0.5, 0.6) is 0 Å². The first-order valence-electron chi connectivity index (χ1n) is 6.78. The van der Waals surface area contributed by atoms with E-state index < -0.39 is 18.5 Å². The Hall–Kier alpha value is -2.91. The minimum absolute atomic E-state index is 0.383. The van der Waals surface area contributed by atoms with E-state index >= 15 is 0 Å². The highest BCUT2D eigenvalue weighted by Crippen LogP contribution is 2.21. The first kappa shape index (κ1) is 16.5. The molecule has 5 nitrogen and oxygen atoms in total. The van der Waals surface area contributed by atoms with Gasteiger partial charge in [0.25, 0.3) is 5.91 Å². The Morgan fingerprint density at radius 1 is 1.35 bits per heavy atom. The lowest BCUT2D eigenvalue weighted by Gasteiger charge is -2.03. The van der Waals surface area contributed by atoms with Crippen LogP contribution in [0.3, 0.4) is 0 Å². The molecule has 0 unspecified atom stereocenters. The zero-order chi connectivity index (χ0) is 16.7. The van der Waals surface area contributed by atoms with E-state index in [4.69, 9.17) is 10.00 Å². The van der Waals surface area contributed by atoms with E-state index in [2.05, 4.69) is 5.32 Å². The summed E-state index contributed by atoms with van der Waals surface area (Å²) in [7, 11) is 0. The molecule has 116 valence electrons. The van der Waals surface area contributed by atoms with Crippen molar-refractivity contribution in [2.75, 3.05) is 11.9 Å². The van der Waals surface area contributed by atoms with Crippen molar-refractivity contribution in [3.8, 4) is 6.07 Å². The monoisotopic (exact) mass is 326 g/mol. The van der Waals surface area contributed by atoms with Gasteiger partial charge in [-0.15, -0.1) is 11.3 Å². The van der Waals surface area contributed by atoms with Crippen molar-refractivity contribution in [1.29, 1.82) is 5.26 Å². The Kier molecular flexibility index (Phi) is 5.67. The number of nitrogens with zero attached hydrogens (tertiary/aromatic N) is 1. The van der Waals surface area contributed by atoms with Crippen molar-refractivity contribution < 1.29 is 14.3 Å². The number of carbonyl (C=O) groups is 2. The molecule has 0 aliphatic rings. The van der Waals surface area contributed by atoms with Crippen molar-refractivity contribution in [1.82, 2.24) is 0 Å². The summed E-state index contributed by atoms with van der Waals surface area (Å²) in [5.41, 5.74) is 2.33. The van der Waals surface area contributed by atoms with Crippen LogP contribution in [0.25, 0.3) is 6.08 Å². The van der Waals surface area contributed by atoms with Crippen molar-refractivity contribution in [2.45, 2.75) is 6.92 Å². The standard InChI is InChI=1S/C17H14N2O3S/c1-12-4-2-3-5-13(12)6-7-16(21)22-11-15(20)19-17-14(10-18)8-9-23-17/h2-9H,11H2,1H3,(H,19,20)/b7-6+. The summed E-state index contributed by atoms with van der Waals surface area (Å²) in [5.74, 6) is -1.09. The van der Waals surface area contributed by atoms with Gasteiger partial charge in [0.05, 0.1) is 5.56 Å². The molecule has 2 rings (SSSR count). The Morgan fingerprint density at radius 2 is 2.13 bits per heavy atom. The van der Waals surface area contributed by atoms with Crippen LogP contribution < -0.4 is 5.32 Å². The molecule has 0 saturated carbocycles. The number of aryl methyl sites for hydroxylation is 1. The minimum atomic E-state index is -0.602. The van der Waals surface area contributed by atoms with Crippen molar-refractivity contribution in [3.05, 3.63) is 58.5 Å². The van der Waals surface area contributed by atoms with E-state index in [1.54, 1.807) is 17.5 Å². The molecule has 0 spiro atoms. The second-order valence-electron chi connectivity index (χ2n) is 4.62. The van der Waals surface area contributed by atoms with Gasteiger partial charge in [-0.1, -0.05) is 24.3 Å². The van der Waals surface area contributed by atoms with E-state index in [9.17, 15) is 9.59 Å². The lowest BCUT2D eigenvalue weighted by Crippen LogP contribution is -2.20. The van der Waals surface area contributed by atoms with E-state index in [0.29, 0.717) is 10.6 Å². The molecule has 23 heavy (non-hydrogen) atoms. The molecular weight excluding hydrogens is 312 g/mol. The summed E-state index contributed by atoms with van der Waals surface area (Å²) in [4.78, 5) is 23.3. The van der Waals surface area contributed by atoms with Crippen LogP contribution in [0.2, 0.25) is 0 Å².